The van der Waals surface area contributed by atoms with E-state index < -0.39 is 0 Å². The van der Waals surface area contributed by atoms with E-state index >= 15 is 0 Å². The molecule has 4 heteroatoms. The highest BCUT2D eigenvalue weighted by atomic mass is 35.5. The maximum Gasteiger partial charge on any atom is 0.110 e. The number of aromatic nitrogens is 2. The van der Waals surface area contributed by atoms with Crippen LogP contribution in [0.15, 0.2) is 30.6 Å². The van der Waals surface area contributed by atoms with Gasteiger partial charge >= 0.3 is 0 Å². The first kappa shape index (κ1) is 13.1. The molecule has 1 unspecified atom stereocenters. The van der Waals surface area contributed by atoms with Gasteiger partial charge in [-0.3, -0.25) is 0 Å². The number of imidazole rings is 1. The molecule has 0 aliphatic rings. The monoisotopic (exact) mass is 263 g/mol. The predicted molar refractivity (Wildman–Crippen MR) is 74.9 cm³/mol. The average Bonchev–Trinajstić information content (AvgIpc) is 2.75. The molecule has 1 atom stereocenters. The molecule has 1 aromatic carbocycles. The number of rotatable bonds is 4. The Labute approximate surface area is 113 Å². The maximum atomic E-state index is 6.06. The lowest BCUT2D eigenvalue weighted by atomic mass is 10.0. The molecular formula is C14H18ClN3. The lowest BCUT2D eigenvalue weighted by Crippen LogP contribution is -2.20. The third-order valence-corrected chi connectivity index (χ3v) is 3.66. The molecule has 0 aliphatic heterocycles. The van der Waals surface area contributed by atoms with Crippen LogP contribution in [0.2, 0.25) is 5.02 Å². The highest BCUT2D eigenvalue weighted by Crippen LogP contribution is 2.22. The first-order valence-corrected chi connectivity index (χ1v) is 6.39. The summed E-state index contributed by atoms with van der Waals surface area (Å²) in [6, 6.07) is 6.41. The van der Waals surface area contributed by atoms with Gasteiger partial charge in [-0.15, -0.1) is 0 Å². The van der Waals surface area contributed by atoms with Gasteiger partial charge in [-0.2, -0.15) is 0 Å². The minimum atomic E-state index is 0.252. The molecule has 0 saturated carbocycles. The largest absolute Gasteiger partial charge is 0.338 e. The van der Waals surface area contributed by atoms with E-state index in [1.165, 1.54) is 5.56 Å². The summed E-state index contributed by atoms with van der Waals surface area (Å²) < 4.78 is 2.05. The zero-order valence-electron chi connectivity index (χ0n) is 10.9. The van der Waals surface area contributed by atoms with Crippen LogP contribution in [-0.2, 0) is 13.5 Å². The van der Waals surface area contributed by atoms with E-state index in [9.17, 15) is 0 Å². The Morgan fingerprint density at radius 3 is 2.78 bits per heavy atom. The third kappa shape index (κ3) is 2.74. The van der Waals surface area contributed by atoms with E-state index in [1.807, 2.05) is 44.0 Å². The Morgan fingerprint density at radius 2 is 2.22 bits per heavy atom. The molecule has 1 N–H and O–H groups in total. The van der Waals surface area contributed by atoms with E-state index in [1.54, 1.807) is 0 Å². The number of aryl methyl sites for hydroxylation is 2. The molecule has 0 fully saturated rings. The van der Waals surface area contributed by atoms with E-state index in [0.29, 0.717) is 0 Å². The SMILES string of the molecule is CNC(Cc1nccn1C)c1ccc(Cl)c(C)c1. The third-order valence-electron chi connectivity index (χ3n) is 3.24. The first-order valence-electron chi connectivity index (χ1n) is 6.01. The Morgan fingerprint density at radius 1 is 1.44 bits per heavy atom. The van der Waals surface area contributed by atoms with Crippen LogP contribution in [0.25, 0.3) is 0 Å². The van der Waals surface area contributed by atoms with Crippen molar-refractivity contribution in [3.05, 3.63) is 52.6 Å². The van der Waals surface area contributed by atoms with Crippen LogP contribution in [-0.4, -0.2) is 16.6 Å². The summed E-state index contributed by atoms with van der Waals surface area (Å²) in [7, 11) is 3.99. The fourth-order valence-electron chi connectivity index (χ4n) is 2.05. The van der Waals surface area contributed by atoms with Gasteiger partial charge in [0, 0.05) is 36.9 Å². The van der Waals surface area contributed by atoms with Crippen LogP contribution < -0.4 is 5.32 Å². The van der Waals surface area contributed by atoms with E-state index in [4.69, 9.17) is 11.6 Å². The molecule has 1 heterocycles. The number of benzene rings is 1. The second-order valence-corrected chi connectivity index (χ2v) is 4.92. The van der Waals surface area contributed by atoms with Crippen LogP contribution in [0.1, 0.15) is 23.0 Å². The molecule has 0 aliphatic carbocycles. The molecule has 2 aromatic rings. The molecule has 0 bridgehead atoms. The molecule has 0 radical (unpaired) electrons. The van der Waals surface area contributed by atoms with Gasteiger partial charge in [-0.1, -0.05) is 23.7 Å². The topological polar surface area (TPSA) is 29.9 Å². The number of hydrogen-bond donors (Lipinski definition) is 1. The zero-order chi connectivity index (χ0) is 13.1. The Hall–Kier alpha value is -1.32. The van der Waals surface area contributed by atoms with Crippen molar-refractivity contribution in [2.45, 2.75) is 19.4 Å². The standard InChI is InChI=1S/C14H18ClN3/c1-10-8-11(4-5-12(10)15)13(16-2)9-14-17-6-7-18(14)3/h4-8,13,16H,9H2,1-3H3. The number of hydrogen-bond acceptors (Lipinski definition) is 2. The molecule has 3 nitrogen and oxygen atoms in total. The number of nitrogens with zero attached hydrogens (tertiary/aromatic N) is 2. The van der Waals surface area contributed by atoms with Gasteiger partial charge in [0.15, 0.2) is 0 Å². The summed E-state index contributed by atoms with van der Waals surface area (Å²) in [5.41, 5.74) is 2.34. The molecule has 1 aromatic heterocycles. The Balaban J connectivity index is 2.23. The zero-order valence-corrected chi connectivity index (χ0v) is 11.7. The number of halogens is 1. The van der Waals surface area contributed by atoms with Gasteiger partial charge in [0.05, 0.1) is 0 Å². The van der Waals surface area contributed by atoms with Crippen molar-refractivity contribution in [2.75, 3.05) is 7.05 Å². The number of likely N-dealkylation sites (N-methyl/N-ethyl adjacent to an activating group) is 1. The van der Waals surface area contributed by atoms with E-state index in [0.717, 1.165) is 22.8 Å². The van der Waals surface area contributed by atoms with Crippen molar-refractivity contribution in [1.82, 2.24) is 14.9 Å². The van der Waals surface area contributed by atoms with Crippen molar-refractivity contribution in [2.24, 2.45) is 7.05 Å². The van der Waals surface area contributed by atoms with Gasteiger partial charge in [0.25, 0.3) is 0 Å². The lowest BCUT2D eigenvalue weighted by Gasteiger charge is -2.17. The maximum absolute atomic E-state index is 6.06. The lowest BCUT2D eigenvalue weighted by molar-refractivity contribution is 0.563. The Kier molecular flexibility index (Phi) is 4.04. The van der Waals surface area contributed by atoms with Crippen molar-refractivity contribution >= 4 is 11.6 Å². The van der Waals surface area contributed by atoms with E-state index in [-0.39, 0.29) is 6.04 Å². The summed E-state index contributed by atoms with van der Waals surface area (Å²) in [5.74, 6) is 1.07. The summed E-state index contributed by atoms with van der Waals surface area (Å²) in [4.78, 5) is 4.37. The van der Waals surface area contributed by atoms with E-state index in [2.05, 4.69) is 22.4 Å². The van der Waals surface area contributed by atoms with Gasteiger partial charge in [-0.25, -0.2) is 4.98 Å². The van der Waals surface area contributed by atoms with Crippen LogP contribution in [0.3, 0.4) is 0 Å². The summed E-state index contributed by atoms with van der Waals surface area (Å²) in [6.07, 6.45) is 4.66. The molecule has 18 heavy (non-hydrogen) atoms. The molecule has 0 saturated heterocycles. The van der Waals surface area contributed by atoms with Gasteiger partial charge in [0.2, 0.25) is 0 Å². The summed E-state index contributed by atoms with van der Waals surface area (Å²) >= 11 is 6.06. The molecule has 0 amide bonds. The van der Waals surface area contributed by atoms with Crippen LogP contribution in [0, 0.1) is 6.92 Å². The molecule has 2 rings (SSSR count). The summed E-state index contributed by atoms with van der Waals surface area (Å²) in [5, 5.41) is 4.14. The minimum Gasteiger partial charge on any atom is -0.338 e. The fraction of sp³-hybridized carbons (Fsp3) is 0.357. The van der Waals surface area contributed by atoms with Gasteiger partial charge < -0.3 is 9.88 Å². The normalized spacial score (nSPS) is 12.7. The number of nitrogens with one attached hydrogen (secondary N) is 1. The molecular weight excluding hydrogens is 246 g/mol. The van der Waals surface area contributed by atoms with Crippen molar-refractivity contribution in [1.29, 1.82) is 0 Å². The van der Waals surface area contributed by atoms with Crippen LogP contribution in [0.5, 0.6) is 0 Å². The average molecular weight is 264 g/mol. The Bertz CT molecular complexity index is 534. The molecule has 96 valence electrons. The highest BCUT2D eigenvalue weighted by Gasteiger charge is 2.13. The molecule has 0 spiro atoms. The summed E-state index contributed by atoms with van der Waals surface area (Å²) in [6.45, 7) is 2.03. The van der Waals surface area contributed by atoms with Crippen molar-refractivity contribution in [3.63, 3.8) is 0 Å². The van der Waals surface area contributed by atoms with Crippen molar-refractivity contribution < 1.29 is 0 Å². The first-order chi connectivity index (χ1) is 8.61. The van der Waals surface area contributed by atoms with Gasteiger partial charge in [-0.05, 0) is 31.2 Å². The van der Waals surface area contributed by atoms with Gasteiger partial charge in [0.1, 0.15) is 5.82 Å². The van der Waals surface area contributed by atoms with Crippen LogP contribution >= 0.6 is 11.6 Å². The fourth-order valence-corrected chi connectivity index (χ4v) is 2.16. The van der Waals surface area contributed by atoms with Crippen LogP contribution in [0.4, 0.5) is 0 Å². The quantitative estimate of drug-likeness (QED) is 0.919. The smallest absolute Gasteiger partial charge is 0.110 e. The van der Waals surface area contributed by atoms with Crippen molar-refractivity contribution in [3.8, 4) is 0 Å². The second-order valence-electron chi connectivity index (χ2n) is 4.51. The second kappa shape index (κ2) is 5.55. The minimum absolute atomic E-state index is 0.252. The highest BCUT2D eigenvalue weighted by molar-refractivity contribution is 6.31. The predicted octanol–water partition coefficient (Wildman–Crippen LogP) is 2.89.